The van der Waals surface area contributed by atoms with Crippen LogP contribution in [0.25, 0.3) is 0 Å². The molecule has 3 aliphatic heterocycles. The number of thiazole rings is 1. The maximum Gasteiger partial charge on any atom is 0.275 e. The molecule has 0 radical (unpaired) electrons. The van der Waals surface area contributed by atoms with Crippen molar-refractivity contribution in [3.63, 3.8) is 0 Å². The highest BCUT2D eigenvalue weighted by molar-refractivity contribution is 7.07. The summed E-state index contributed by atoms with van der Waals surface area (Å²) in [7, 11) is 1.78. The number of nitrogens with one attached hydrogen (secondary N) is 1. The van der Waals surface area contributed by atoms with Crippen LogP contribution >= 0.6 is 11.3 Å². The molecule has 4 heterocycles. The largest absolute Gasteiger partial charge is 0.490 e. The molecule has 3 atom stereocenters. The molecule has 1 N–H and O–H groups in total. The molecule has 3 aliphatic rings. The number of rotatable bonds is 4. The zero-order chi connectivity index (χ0) is 24.4. The maximum absolute atomic E-state index is 13.4. The smallest absolute Gasteiger partial charge is 0.275 e. The first kappa shape index (κ1) is 23.7. The van der Waals surface area contributed by atoms with E-state index in [9.17, 15) is 14.4 Å². The minimum absolute atomic E-state index is 0.148. The van der Waals surface area contributed by atoms with E-state index in [0.717, 1.165) is 38.8 Å². The summed E-state index contributed by atoms with van der Waals surface area (Å²) in [5.74, 6) is 0.0829. The van der Waals surface area contributed by atoms with Gasteiger partial charge in [-0.2, -0.15) is 0 Å². The number of hydrogen-bond acceptors (Lipinski definition) is 7. The molecule has 1 aromatic heterocycles. The van der Waals surface area contributed by atoms with Gasteiger partial charge in [0.1, 0.15) is 24.2 Å². The minimum atomic E-state index is -0.329. The summed E-state index contributed by atoms with van der Waals surface area (Å²) in [4.78, 5) is 46.2. The molecule has 2 saturated heterocycles. The lowest BCUT2D eigenvalue weighted by atomic mass is 9.94. The Labute approximate surface area is 208 Å². The normalized spacial score (nSPS) is 24.5. The summed E-state index contributed by atoms with van der Waals surface area (Å²) >= 11 is 1.34. The number of piperidine rings is 1. The molecule has 3 amide bonds. The number of carbonyl (C=O) groups excluding carboxylic acids is 3. The number of fused-ring (bicyclic) bond motifs is 2. The van der Waals surface area contributed by atoms with Crippen LogP contribution in [0.3, 0.4) is 0 Å². The van der Waals surface area contributed by atoms with Gasteiger partial charge in [-0.1, -0.05) is 0 Å². The molecular formula is C25H30N4O5S. The first-order chi connectivity index (χ1) is 17.0. The van der Waals surface area contributed by atoms with Crippen LogP contribution in [0.1, 0.15) is 59.4 Å². The molecule has 9 nitrogen and oxygen atoms in total. The van der Waals surface area contributed by atoms with Crippen LogP contribution < -0.4 is 10.1 Å². The fourth-order valence-electron chi connectivity index (χ4n) is 5.09. The van der Waals surface area contributed by atoms with Crippen LogP contribution in [-0.2, 0) is 9.53 Å². The van der Waals surface area contributed by atoms with Gasteiger partial charge in [0.15, 0.2) is 0 Å². The highest BCUT2D eigenvalue weighted by atomic mass is 32.1. The molecule has 186 valence electrons. The van der Waals surface area contributed by atoms with Crippen molar-refractivity contribution in [1.82, 2.24) is 14.8 Å². The zero-order valence-corrected chi connectivity index (χ0v) is 20.6. The van der Waals surface area contributed by atoms with Crippen molar-refractivity contribution in [1.29, 1.82) is 0 Å². The maximum atomic E-state index is 13.4. The Bertz CT molecular complexity index is 1090. The lowest BCUT2D eigenvalue weighted by Gasteiger charge is -2.42. The third-order valence-electron chi connectivity index (χ3n) is 7.05. The van der Waals surface area contributed by atoms with Crippen molar-refractivity contribution in [3.8, 4) is 5.75 Å². The van der Waals surface area contributed by atoms with Crippen LogP contribution in [0.5, 0.6) is 5.75 Å². The molecule has 0 bridgehead atoms. The Hall–Kier alpha value is -2.98. The van der Waals surface area contributed by atoms with Crippen LogP contribution in [0, 0.1) is 0 Å². The molecule has 0 aliphatic carbocycles. The molecule has 1 aromatic carbocycles. The quantitative estimate of drug-likeness (QED) is 0.695. The number of anilines is 1. The summed E-state index contributed by atoms with van der Waals surface area (Å²) in [5.41, 5.74) is 2.82. The highest BCUT2D eigenvalue weighted by Gasteiger charge is 2.39. The van der Waals surface area contributed by atoms with E-state index in [-0.39, 0.29) is 42.6 Å². The van der Waals surface area contributed by atoms with Crippen molar-refractivity contribution in [2.75, 3.05) is 32.1 Å². The Morgan fingerprint density at radius 3 is 2.80 bits per heavy atom. The fourth-order valence-corrected chi connectivity index (χ4v) is 5.62. The Morgan fingerprint density at radius 2 is 2.03 bits per heavy atom. The van der Waals surface area contributed by atoms with E-state index in [1.54, 1.807) is 41.0 Å². The lowest BCUT2D eigenvalue weighted by Crippen LogP contribution is -2.54. The van der Waals surface area contributed by atoms with Crippen molar-refractivity contribution in [2.24, 2.45) is 0 Å². The summed E-state index contributed by atoms with van der Waals surface area (Å²) in [6, 6.07) is 4.89. The van der Waals surface area contributed by atoms with Crippen LogP contribution in [0.2, 0.25) is 0 Å². The number of nitrogens with zero attached hydrogens (tertiary/aromatic N) is 3. The number of hydrogen-bond donors (Lipinski definition) is 1. The zero-order valence-electron chi connectivity index (χ0n) is 19.8. The van der Waals surface area contributed by atoms with Gasteiger partial charge in [-0.05, 0) is 50.3 Å². The van der Waals surface area contributed by atoms with Gasteiger partial charge < -0.3 is 24.6 Å². The second-order valence-electron chi connectivity index (χ2n) is 9.35. The number of benzene rings is 1. The number of likely N-dealkylation sites (tertiary alicyclic amines) is 1. The van der Waals surface area contributed by atoms with Crippen LogP contribution in [-0.4, -0.2) is 77.5 Å². The Balaban J connectivity index is 1.27. The molecule has 2 fully saturated rings. The van der Waals surface area contributed by atoms with Gasteiger partial charge >= 0.3 is 0 Å². The number of ether oxygens (including phenoxy) is 2. The summed E-state index contributed by atoms with van der Waals surface area (Å²) in [6.07, 6.45) is 4.68. The van der Waals surface area contributed by atoms with Gasteiger partial charge in [0.25, 0.3) is 11.8 Å². The second-order valence-corrected chi connectivity index (χ2v) is 10.1. The molecular weight excluding hydrogens is 468 g/mol. The Kier molecular flexibility index (Phi) is 7.01. The molecule has 2 aromatic rings. The first-order valence-electron chi connectivity index (χ1n) is 12.2. The van der Waals surface area contributed by atoms with Gasteiger partial charge in [0.2, 0.25) is 5.91 Å². The van der Waals surface area contributed by atoms with Gasteiger partial charge in [-0.3, -0.25) is 14.4 Å². The number of amides is 3. The predicted octanol–water partition coefficient (Wildman–Crippen LogP) is 3.18. The van der Waals surface area contributed by atoms with Gasteiger partial charge in [-0.15, -0.1) is 11.3 Å². The molecule has 0 spiro atoms. The Morgan fingerprint density at radius 1 is 1.20 bits per heavy atom. The van der Waals surface area contributed by atoms with Crippen LogP contribution in [0.15, 0.2) is 29.1 Å². The average molecular weight is 499 g/mol. The van der Waals surface area contributed by atoms with Crippen molar-refractivity contribution < 1.29 is 23.9 Å². The van der Waals surface area contributed by atoms with E-state index in [4.69, 9.17) is 9.47 Å². The number of aromatic nitrogens is 1. The van der Waals surface area contributed by atoms with Crippen LogP contribution in [0.4, 0.5) is 5.69 Å². The van der Waals surface area contributed by atoms with Gasteiger partial charge in [0.05, 0.1) is 29.6 Å². The third-order valence-corrected chi connectivity index (χ3v) is 7.63. The molecule has 0 unspecified atom stereocenters. The van der Waals surface area contributed by atoms with E-state index in [1.165, 1.54) is 17.8 Å². The summed E-state index contributed by atoms with van der Waals surface area (Å²) in [6.45, 7) is 1.95. The highest BCUT2D eigenvalue weighted by Crippen LogP contribution is 2.33. The lowest BCUT2D eigenvalue weighted by molar-refractivity contribution is -0.143. The third kappa shape index (κ3) is 5.18. The van der Waals surface area contributed by atoms with E-state index in [0.29, 0.717) is 29.1 Å². The average Bonchev–Trinajstić information content (AvgIpc) is 3.42. The number of likely N-dealkylation sites (N-methyl/N-ethyl adjacent to an activating group) is 1. The monoisotopic (exact) mass is 498 g/mol. The number of carbonyl (C=O) groups is 3. The van der Waals surface area contributed by atoms with E-state index in [1.807, 2.05) is 4.90 Å². The van der Waals surface area contributed by atoms with Crippen molar-refractivity contribution >= 4 is 34.7 Å². The molecule has 0 saturated carbocycles. The fraction of sp³-hybridized carbons (Fsp3) is 0.520. The van der Waals surface area contributed by atoms with E-state index >= 15 is 0 Å². The van der Waals surface area contributed by atoms with Crippen molar-refractivity contribution in [2.45, 2.75) is 56.8 Å². The molecule has 5 rings (SSSR count). The predicted molar refractivity (Wildman–Crippen MR) is 131 cm³/mol. The summed E-state index contributed by atoms with van der Waals surface area (Å²) < 4.78 is 12.3. The molecule has 35 heavy (non-hydrogen) atoms. The minimum Gasteiger partial charge on any atom is -0.490 e. The van der Waals surface area contributed by atoms with E-state index < -0.39 is 0 Å². The van der Waals surface area contributed by atoms with Crippen molar-refractivity contribution in [3.05, 3.63) is 40.3 Å². The SMILES string of the molecule is CN1C(=O)c2cc(NC(=O)c3cscn3)ccc2OC[C@H]2O[C@@H](CC(=O)N3CCCCC3)CC[C@@H]21. The van der Waals surface area contributed by atoms with Gasteiger partial charge in [-0.25, -0.2) is 4.98 Å². The van der Waals surface area contributed by atoms with E-state index in [2.05, 4.69) is 10.3 Å². The second kappa shape index (κ2) is 10.3. The summed E-state index contributed by atoms with van der Waals surface area (Å²) in [5, 5.41) is 4.46. The van der Waals surface area contributed by atoms with Gasteiger partial charge in [0, 0.05) is 31.2 Å². The standard InChI is InChI=1S/C25H30N4O5S/c1-28-20-7-6-17(12-23(30)29-9-3-2-4-10-29)34-22(20)13-33-21-8-5-16(11-18(21)25(28)32)27-24(31)19-14-35-15-26-19/h5,8,11,14-15,17,20,22H,2-4,6-7,9-10,12-13H2,1H3,(H,27,31)/t17-,20+,22-/m1/s1. The topological polar surface area (TPSA) is 101 Å². The molecule has 10 heteroatoms. The first-order valence-corrected chi connectivity index (χ1v) is 13.1.